The number of hydrogen-bond donors (Lipinski definition) is 1. The molecule has 1 heterocycles. The van der Waals surface area contributed by atoms with Gasteiger partial charge in [-0.25, -0.2) is 13.8 Å². The number of halogens is 4. The van der Waals surface area contributed by atoms with Crippen molar-refractivity contribution in [2.24, 2.45) is 0 Å². The molecule has 13 heavy (non-hydrogen) atoms. The van der Waals surface area contributed by atoms with Crippen LogP contribution in [0.15, 0.2) is 10.7 Å². The van der Waals surface area contributed by atoms with Gasteiger partial charge >= 0.3 is 0 Å². The monoisotopic (exact) mass is 270 g/mol. The predicted octanol–water partition coefficient (Wildman–Crippen LogP) is 3.10. The molecule has 0 amide bonds. The van der Waals surface area contributed by atoms with Crippen LogP contribution in [0.5, 0.6) is 0 Å². The molecule has 1 aromatic heterocycles. The second kappa shape index (κ2) is 4.19. The first kappa shape index (κ1) is 10.7. The number of aromatic nitrogens is 1. The van der Waals surface area contributed by atoms with Crippen molar-refractivity contribution in [2.75, 3.05) is 5.73 Å². The lowest BCUT2D eigenvalue weighted by Gasteiger charge is -2.09. The molecule has 0 aliphatic rings. The highest BCUT2D eigenvalue weighted by Crippen LogP contribution is 2.33. The molecule has 0 radical (unpaired) electrons. The van der Waals surface area contributed by atoms with Crippen molar-refractivity contribution in [3.05, 3.63) is 21.8 Å². The Balaban J connectivity index is 3.32. The topological polar surface area (TPSA) is 38.9 Å². The summed E-state index contributed by atoms with van der Waals surface area (Å²) in [5.41, 5.74) is 5.46. The molecule has 2 nitrogen and oxygen atoms in total. The SMILES string of the molecule is Nc1ncc(CCl)c(C(F)F)c1Br. The largest absolute Gasteiger partial charge is 0.383 e. The summed E-state index contributed by atoms with van der Waals surface area (Å²) in [5, 5.41) is 0. The van der Waals surface area contributed by atoms with Crippen LogP contribution in [0.4, 0.5) is 14.6 Å². The normalized spacial score (nSPS) is 10.8. The van der Waals surface area contributed by atoms with Crippen molar-refractivity contribution in [3.63, 3.8) is 0 Å². The Kier molecular flexibility index (Phi) is 3.44. The van der Waals surface area contributed by atoms with Crippen LogP contribution in [0.2, 0.25) is 0 Å². The van der Waals surface area contributed by atoms with Gasteiger partial charge in [-0.2, -0.15) is 0 Å². The molecule has 0 fully saturated rings. The summed E-state index contributed by atoms with van der Waals surface area (Å²) in [6, 6.07) is 0. The molecule has 0 atom stereocenters. The zero-order valence-corrected chi connectivity index (χ0v) is 8.74. The zero-order valence-electron chi connectivity index (χ0n) is 6.40. The fourth-order valence-corrected chi connectivity index (χ4v) is 1.64. The van der Waals surface area contributed by atoms with Crippen LogP contribution >= 0.6 is 27.5 Å². The molecule has 0 aliphatic heterocycles. The fraction of sp³-hybridized carbons (Fsp3) is 0.286. The summed E-state index contributed by atoms with van der Waals surface area (Å²) in [6.07, 6.45) is -1.34. The van der Waals surface area contributed by atoms with E-state index in [0.29, 0.717) is 0 Å². The van der Waals surface area contributed by atoms with E-state index in [4.69, 9.17) is 17.3 Å². The highest BCUT2D eigenvalue weighted by molar-refractivity contribution is 9.10. The van der Waals surface area contributed by atoms with E-state index in [9.17, 15) is 8.78 Å². The first-order chi connectivity index (χ1) is 6.07. The van der Waals surface area contributed by atoms with Crippen LogP contribution in [0.1, 0.15) is 17.6 Å². The maximum atomic E-state index is 12.5. The average molecular weight is 271 g/mol. The number of rotatable bonds is 2. The van der Waals surface area contributed by atoms with Gasteiger partial charge in [0.1, 0.15) is 5.82 Å². The Bertz CT molecular complexity index is 320. The summed E-state index contributed by atoms with van der Waals surface area (Å²) in [7, 11) is 0. The first-order valence-corrected chi connectivity index (χ1v) is 4.67. The van der Waals surface area contributed by atoms with Gasteiger partial charge in [-0.3, -0.25) is 0 Å². The first-order valence-electron chi connectivity index (χ1n) is 3.34. The van der Waals surface area contributed by atoms with Gasteiger partial charge in [0.2, 0.25) is 0 Å². The predicted molar refractivity (Wildman–Crippen MR) is 50.9 cm³/mol. The van der Waals surface area contributed by atoms with Crippen molar-refractivity contribution in [1.82, 2.24) is 4.98 Å². The molecule has 1 rings (SSSR count). The van der Waals surface area contributed by atoms with Gasteiger partial charge in [0.05, 0.1) is 4.47 Å². The van der Waals surface area contributed by atoms with E-state index in [0.717, 1.165) is 0 Å². The molecule has 0 spiro atoms. The van der Waals surface area contributed by atoms with E-state index in [2.05, 4.69) is 20.9 Å². The van der Waals surface area contributed by atoms with E-state index < -0.39 is 6.43 Å². The van der Waals surface area contributed by atoms with Gasteiger partial charge in [-0.15, -0.1) is 11.6 Å². The highest BCUT2D eigenvalue weighted by Gasteiger charge is 2.18. The molecule has 0 aliphatic carbocycles. The minimum atomic E-state index is -2.60. The lowest BCUT2D eigenvalue weighted by Crippen LogP contribution is -2.00. The third-order valence-electron chi connectivity index (χ3n) is 1.53. The molecule has 0 saturated heterocycles. The molecule has 0 saturated carbocycles. The van der Waals surface area contributed by atoms with Crippen molar-refractivity contribution in [2.45, 2.75) is 12.3 Å². The minimum absolute atomic E-state index is 0.00838. The molecule has 6 heteroatoms. The van der Waals surface area contributed by atoms with Crippen LogP contribution in [-0.4, -0.2) is 4.98 Å². The quantitative estimate of drug-likeness (QED) is 0.840. The Morgan fingerprint density at radius 2 is 2.23 bits per heavy atom. The number of nitrogen functional groups attached to an aromatic ring is 1. The van der Waals surface area contributed by atoms with Gasteiger partial charge in [-0.1, -0.05) is 0 Å². The lowest BCUT2D eigenvalue weighted by molar-refractivity contribution is 0.149. The summed E-state index contributed by atoms with van der Waals surface area (Å²) in [4.78, 5) is 3.71. The average Bonchev–Trinajstić information content (AvgIpc) is 2.08. The van der Waals surface area contributed by atoms with Gasteiger partial charge in [-0.05, 0) is 21.5 Å². The van der Waals surface area contributed by atoms with Gasteiger partial charge < -0.3 is 5.73 Å². The highest BCUT2D eigenvalue weighted by atomic mass is 79.9. The van der Waals surface area contributed by atoms with E-state index in [1.54, 1.807) is 0 Å². The maximum absolute atomic E-state index is 12.5. The van der Waals surface area contributed by atoms with E-state index in [1.807, 2.05) is 0 Å². The minimum Gasteiger partial charge on any atom is -0.383 e. The molecular formula is C7H6BrClF2N2. The third kappa shape index (κ3) is 2.08. The van der Waals surface area contributed by atoms with E-state index in [1.165, 1.54) is 6.20 Å². The molecular weight excluding hydrogens is 265 g/mol. The molecule has 0 aromatic carbocycles. The molecule has 1 aromatic rings. The molecule has 72 valence electrons. The Hall–Kier alpha value is -0.420. The lowest BCUT2D eigenvalue weighted by atomic mass is 10.1. The number of nitrogens with zero attached hydrogens (tertiary/aromatic N) is 1. The number of anilines is 1. The fourth-order valence-electron chi connectivity index (χ4n) is 0.895. The number of nitrogens with two attached hydrogens (primary N) is 1. The van der Waals surface area contributed by atoms with E-state index >= 15 is 0 Å². The number of alkyl halides is 3. The van der Waals surface area contributed by atoms with Gasteiger partial charge in [0.25, 0.3) is 6.43 Å². The van der Waals surface area contributed by atoms with Crippen molar-refractivity contribution < 1.29 is 8.78 Å². The maximum Gasteiger partial charge on any atom is 0.265 e. The molecule has 0 unspecified atom stereocenters. The van der Waals surface area contributed by atoms with Crippen molar-refractivity contribution >= 4 is 33.3 Å². The Morgan fingerprint density at radius 1 is 1.62 bits per heavy atom. The molecule has 0 bridgehead atoms. The summed E-state index contributed by atoms with van der Waals surface area (Å²) in [5.74, 6) is 0.0371. The third-order valence-corrected chi connectivity index (χ3v) is 2.65. The van der Waals surface area contributed by atoms with Crippen LogP contribution in [0.25, 0.3) is 0 Å². The number of pyridine rings is 1. The van der Waals surface area contributed by atoms with Crippen molar-refractivity contribution in [1.29, 1.82) is 0 Å². The van der Waals surface area contributed by atoms with Gasteiger partial charge in [0, 0.05) is 17.6 Å². The van der Waals surface area contributed by atoms with Crippen LogP contribution < -0.4 is 5.73 Å². The Labute approximate surface area is 87.2 Å². The second-order valence-electron chi connectivity index (χ2n) is 2.33. The summed E-state index contributed by atoms with van der Waals surface area (Å²) < 4.78 is 25.1. The van der Waals surface area contributed by atoms with Crippen LogP contribution in [0.3, 0.4) is 0 Å². The summed E-state index contributed by atoms with van der Waals surface area (Å²) >= 11 is 8.41. The van der Waals surface area contributed by atoms with Crippen LogP contribution in [0, 0.1) is 0 Å². The number of hydrogen-bond acceptors (Lipinski definition) is 2. The van der Waals surface area contributed by atoms with Crippen molar-refractivity contribution in [3.8, 4) is 0 Å². The second-order valence-corrected chi connectivity index (χ2v) is 3.39. The van der Waals surface area contributed by atoms with E-state index in [-0.39, 0.29) is 27.3 Å². The standard InChI is InChI=1S/C7H6BrClF2N2/c8-5-4(6(10)11)3(1-9)2-13-7(5)12/h2,6H,1H2,(H2,12,13). The smallest absolute Gasteiger partial charge is 0.265 e. The molecule has 2 N–H and O–H groups in total. The Morgan fingerprint density at radius 3 is 2.69 bits per heavy atom. The van der Waals surface area contributed by atoms with Gasteiger partial charge in [0.15, 0.2) is 0 Å². The van der Waals surface area contributed by atoms with Crippen LogP contribution in [-0.2, 0) is 5.88 Å². The summed E-state index contributed by atoms with van der Waals surface area (Å²) in [6.45, 7) is 0. The zero-order chi connectivity index (χ0) is 10.0.